The Morgan fingerprint density at radius 3 is 2.95 bits per heavy atom. The first-order valence-corrected chi connectivity index (χ1v) is 6.80. The Hall–Kier alpha value is -1.59. The molecule has 0 spiro atoms. The highest BCUT2D eigenvalue weighted by Gasteiger charge is 2.21. The molecule has 1 unspecified atom stereocenters. The zero-order valence-corrected chi connectivity index (χ0v) is 12.3. The molecule has 0 aromatic heterocycles. The van der Waals surface area contributed by atoms with Gasteiger partial charge in [0.2, 0.25) is 0 Å². The molecule has 2 rings (SSSR count). The molecule has 0 bridgehead atoms. The summed E-state index contributed by atoms with van der Waals surface area (Å²) in [5.74, 6) is -0.311. The lowest BCUT2D eigenvalue weighted by molar-refractivity contribution is -0.0143. The van der Waals surface area contributed by atoms with E-state index in [2.05, 4.69) is 16.8 Å². The smallest absolute Gasteiger partial charge is 0.339 e. The number of carbonyl (C=O) groups excluding carboxylic acids is 1. The fourth-order valence-electron chi connectivity index (χ4n) is 2.47. The molecule has 5 heteroatoms. The van der Waals surface area contributed by atoms with E-state index in [1.54, 1.807) is 6.07 Å². The largest absolute Gasteiger partial charge is 0.465 e. The minimum absolute atomic E-state index is 0.157. The van der Waals surface area contributed by atoms with Crippen LogP contribution in [0, 0.1) is 0 Å². The van der Waals surface area contributed by atoms with Crippen LogP contribution in [0.4, 0.5) is 5.69 Å². The molecule has 0 amide bonds. The second-order valence-corrected chi connectivity index (χ2v) is 5.14. The first-order valence-electron chi connectivity index (χ1n) is 6.80. The highest BCUT2D eigenvalue weighted by atomic mass is 16.5. The van der Waals surface area contributed by atoms with Crippen LogP contribution >= 0.6 is 0 Å². The quantitative estimate of drug-likeness (QED) is 0.775. The van der Waals surface area contributed by atoms with E-state index >= 15 is 0 Å². The normalized spacial score (nSPS) is 19.6. The van der Waals surface area contributed by atoms with Gasteiger partial charge in [0.15, 0.2) is 0 Å². The fraction of sp³-hybridized carbons (Fsp3) is 0.533. The van der Waals surface area contributed by atoms with Crippen LogP contribution in [0.15, 0.2) is 24.3 Å². The number of hydrogen-bond donors (Lipinski definition) is 0. The van der Waals surface area contributed by atoms with Crippen LogP contribution < -0.4 is 4.90 Å². The maximum absolute atomic E-state index is 11.8. The zero-order valence-electron chi connectivity index (χ0n) is 12.3. The van der Waals surface area contributed by atoms with Crippen molar-refractivity contribution < 1.29 is 14.3 Å². The molecular formula is C15H22N2O3. The second-order valence-electron chi connectivity index (χ2n) is 5.14. The number of esters is 1. The van der Waals surface area contributed by atoms with Gasteiger partial charge in [-0.3, -0.25) is 0 Å². The molecule has 1 aliphatic rings. The topological polar surface area (TPSA) is 42.0 Å². The molecule has 1 aliphatic heterocycles. The Kier molecular flexibility index (Phi) is 4.98. The third-order valence-corrected chi connectivity index (χ3v) is 3.54. The predicted octanol–water partition coefficient (Wildman–Crippen LogP) is 1.24. The van der Waals surface area contributed by atoms with Crippen LogP contribution in [0.25, 0.3) is 0 Å². The van der Waals surface area contributed by atoms with Gasteiger partial charge >= 0.3 is 5.97 Å². The molecule has 0 saturated carbocycles. The van der Waals surface area contributed by atoms with Crippen molar-refractivity contribution in [2.45, 2.75) is 6.10 Å². The molecule has 110 valence electrons. The van der Waals surface area contributed by atoms with Crippen molar-refractivity contribution in [1.29, 1.82) is 0 Å². The number of anilines is 1. The maximum atomic E-state index is 11.8. The third-order valence-electron chi connectivity index (χ3n) is 3.54. The summed E-state index contributed by atoms with van der Waals surface area (Å²) < 4.78 is 10.6. The summed E-state index contributed by atoms with van der Waals surface area (Å²) in [6.45, 7) is 3.38. The van der Waals surface area contributed by atoms with Crippen molar-refractivity contribution in [3.8, 4) is 0 Å². The van der Waals surface area contributed by atoms with Crippen molar-refractivity contribution in [2.75, 3.05) is 52.3 Å². The minimum Gasteiger partial charge on any atom is -0.465 e. The Morgan fingerprint density at radius 1 is 1.50 bits per heavy atom. The van der Waals surface area contributed by atoms with E-state index < -0.39 is 0 Å². The van der Waals surface area contributed by atoms with E-state index in [9.17, 15) is 4.79 Å². The molecule has 20 heavy (non-hydrogen) atoms. The summed E-state index contributed by atoms with van der Waals surface area (Å²) in [7, 11) is 5.47. The van der Waals surface area contributed by atoms with E-state index in [1.807, 2.05) is 25.2 Å². The lowest BCUT2D eigenvalue weighted by Crippen LogP contribution is -2.45. The Labute approximate surface area is 120 Å². The minimum atomic E-state index is -0.311. The second kappa shape index (κ2) is 6.72. The lowest BCUT2D eigenvalue weighted by Gasteiger charge is -2.33. The molecule has 0 radical (unpaired) electrons. The number of benzene rings is 1. The predicted molar refractivity (Wildman–Crippen MR) is 78.3 cm³/mol. The van der Waals surface area contributed by atoms with Crippen molar-refractivity contribution in [3.63, 3.8) is 0 Å². The number of nitrogens with zero attached hydrogens (tertiary/aromatic N) is 2. The van der Waals surface area contributed by atoms with Crippen LogP contribution in [0.1, 0.15) is 10.4 Å². The Morgan fingerprint density at radius 2 is 2.25 bits per heavy atom. The first kappa shape index (κ1) is 14.8. The molecule has 1 saturated heterocycles. The van der Waals surface area contributed by atoms with Gasteiger partial charge < -0.3 is 19.3 Å². The molecule has 5 nitrogen and oxygen atoms in total. The molecule has 0 N–H and O–H groups in total. The average Bonchev–Trinajstić information content (AvgIpc) is 2.46. The summed E-state index contributed by atoms with van der Waals surface area (Å²) in [6, 6.07) is 7.48. The maximum Gasteiger partial charge on any atom is 0.339 e. The summed E-state index contributed by atoms with van der Waals surface area (Å²) in [5, 5.41) is 0. The molecule has 1 heterocycles. The summed E-state index contributed by atoms with van der Waals surface area (Å²) >= 11 is 0. The van der Waals surface area contributed by atoms with Gasteiger partial charge in [0, 0.05) is 26.7 Å². The highest BCUT2D eigenvalue weighted by Crippen LogP contribution is 2.21. The van der Waals surface area contributed by atoms with Gasteiger partial charge in [-0.2, -0.15) is 0 Å². The first-order chi connectivity index (χ1) is 9.61. The van der Waals surface area contributed by atoms with Crippen LogP contribution in [0.2, 0.25) is 0 Å². The van der Waals surface area contributed by atoms with E-state index in [0.29, 0.717) is 5.56 Å². The number of para-hydroxylation sites is 1. The number of morpholine rings is 1. The molecular weight excluding hydrogens is 256 g/mol. The van der Waals surface area contributed by atoms with Gasteiger partial charge in [0.05, 0.1) is 31.1 Å². The van der Waals surface area contributed by atoms with Gasteiger partial charge in [-0.25, -0.2) is 4.79 Å². The van der Waals surface area contributed by atoms with Gasteiger partial charge in [-0.15, -0.1) is 0 Å². The van der Waals surface area contributed by atoms with Gasteiger partial charge in [0.1, 0.15) is 0 Å². The number of rotatable bonds is 4. The van der Waals surface area contributed by atoms with Gasteiger partial charge in [0.25, 0.3) is 0 Å². The van der Waals surface area contributed by atoms with Gasteiger partial charge in [-0.1, -0.05) is 12.1 Å². The molecule has 1 aromatic rings. The molecule has 1 atom stereocenters. The summed E-state index contributed by atoms with van der Waals surface area (Å²) in [5.41, 5.74) is 1.46. The molecule has 0 aliphatic carbocycles. The SMILES string of the molecule is COC(=O)c1ccccc1N(C)CC1CN(C)CCO1. The standard InChI is InChI=1S/C15H22N2O3/c1-16-8-9-20-12(10-16)11-17(2)14-7-5-4-6-13(14)15(18)19-3/h4-7,12H,8-11H2,1-3H3. The van der Waals surface area contributed by atoms with Crippen molar-refractivity contribution in [2.24, 2.45) is 0 Å². The van der Waals surface area contributed by atoms with Crippen LogP contribution in [-0.2, 0) is 9.47 Å². The number of methoxy groups -OCH3 is 1. The molecule has 1 aromatic carbocycles. The zero-order chi connectivity index (χ0) is 14.5. The van der Waals surface area contributed by atoms with Crippen LogP contribution in [0.3, 0.4) is 0 Å². The van der Waals surface area contributed by atoms with Crippen LogP contribution in [0.5, 0.6) is 0 Å². The van der Waals surface area contributed by atoms with E-state index in [0.717, 1.165) is 31.9 Å². The fourth-order valence-corrected chi connectivity index (χ4v) is 2.47. The highest BCUT2D eigenvalue weighted by molar-refractivity contribution is 5.95. The number of carbonyl (C=O) groups is 1. The molecule has 1 fully saturated rings. The summed E-state index contributed by atoms with van der Waals surface area (Å²) in [6.07, 6.45) is 0.157. The third kappa shape index (κ3) is 3.49. The lowest BCUT2D eigenvalue weighted by atomic mass is 10.1. The Balaban J connectivity index is 2.08. The van der Waals surface area contributed by atoms with Crippen molar-refractivity contribution >= 4 is 11.7 Å². The van der Waals surface area contributed by atoms with Crippen molar-refractivity contribution in [1.82, 2.24) is 4.90 Å². The van der Waals surface area contributed by atoms with E-state index in [1.165, 1.54) is 7.11 Å². The summed E-state index contributed by atoms with van der Waals surface area (Å²) in [4.78, 5) is 16.1. The Bertz CT molecular complexity index is 464. The van der Waals surface area contributed by atoms with Gasteiger partial charge in [-0.05, 0) is 19.2 Å². The number of hydrogen-bond acceptors (Lipinski definition) is 5. The van der Waals surface area contributed by atoms with Crippen molar-refractivity contribution in [3.05, 3.63) is 29.8 Å². The monoisotopic (exact) mass is 278 g/mol. The van der Waals surface area contributed by atoms with E-state index in [4.69, 9.17) is 9.47 Å². The van der Waals surface area contributed by atoms with E-state index in [-0.39, 0.29) is 12.1 Å². The number of ether oxygens (including phenoxy) is 2. The average molecular weight is 278 g/mol. The number of likely N-dealkylation sites (N-methyl/N-ethyl adjacent to an activating group) is 2. The van der Waals surface area contributed by atoms with Crippen LogP contribution in [-0.4, -0.2) is 64.4 Å².